The number of aromatic nitrogens is 2. The quantitative estimate of drug-likeness (QED) is 0.779. The van der Waals surface area contributed by atoms with E-state index in [9.17, 15) is 4.79 Å². The maximum Gasteiger partial charge on any atom is 0.328 e. The lowest BCUT2D eigenvalue weighted by Crippen LogP contribution is -2.33. The fourth-order valence-corrected chi connectivity index (χ4v) is 2.21. The normalized spacial score (nSPS) is 17.3. The summed E-state index contributed by atoms with van der Waals surface area (Å²) in [4.78, 5) is 11.9. The van der Waals surface area contributed by atoms with Crippen LogP contribution < -0.4 is 11.0 Å². The number of hydrogen-bond acceptors (Lipinski definition) is 2. The SMILES string of the molecule is CCCn1ccn(CCNC(C)C2CC2)c1=O. The Morgan fingerprint density at radius 1 is 1.35 bits per heavy atom. The van der Waals surface area contributed by atoms with E-state index in [4.69, 9.17) is 0 Å². The fourth-order valence-electron chi connectivity index (χ4n) is 2.21. The molecule has 0 saturated heterocycles. The summed E-state index contributed by atoms with van der Waals surface area (Å²) < 4.78 is 3.58. The van der Waals surface area contributed by atoms with Gasteiger partial charge < -0.3 is 5.32 Å². The van der Waals surface area contributed by atoms with Gasteiger partial charge in [-0.25, -0.2) is 4.79 Å². The minimum Gasteiger partial charge on any atom is -0.312 e. The van der Waals surface area contributed by atoms with Crippen molar-refractivity contribution in [3.8, 4) is 0 Å². The summed E-state index contributed by atoms with van der Waals surface area (Å²) in [6.45, 7) is 6.80. The van der Waals surface area contributed by atoms with Gasteiger partial charge in [0, 0.05) is 38.1 Å². The molecule has 1 atom stereocenters. The van der Waals surface area contributed by atoms with E-state index in [1.165, 1.54) is 12.8 Å². The van der Waals surface area contributed by atoms with Gasteiger partial charge in [-0.15, -0.1) is 0 Å². The first kappa shape index (κ1) is 12.4. The van der Waals surface area contributed by atoms with Crippen molar-refractivity contribution in [1.29, 1.82) is 0 Å². The van der Waals surface area contributed by atoms with Crippen LogP contribution in [0.4, 0.5) is 0 Å². The largest absolute Gasteiger partial charge is 0.328 e. The van der Waals surface area contributed by atoms with Gasteiger partial charge in [-0.2, -0.15) is 0 Å². The molecule has 0 radical (unpaired) electrons. The van der Waals surface area contributed by atoms with Crippen LogP contribution in [0.25, 0.3) is 0 Å². The van der Waals surface area contributed by atoms with Gasteiger partial charge >= 0.3 is 5.69 Å². The van der Waals surface area contributed by atoms with Gasteiger partial charge in [-0.3, -0.25) is 9.13 Å². The molecular formula is C13H23N3O. The Labute approximate surface area is 103 Å². The Hall–Kier alpha value is -1.03. The van der Waals surface area contributed by atoms with Crippen LogP contribution in [0.15, 0.2) is 17.2 Å². The maximum atomic E-state index is 11.9. The van der Waals surface area contributed by atoms with Gasteiger partial charge in [0.25, 0.3) is 0 Å². The highest BCUT2D eigenvalue weighted by Gasteiger charge is 2.27. The van der Waals surface area contributed by atoms with Gasteiger partial charge in [-0.1, -0.05) is 6.92 Å². The Morgan fingerprint density at radius 3 is 2.59 bits per heavy atom. The highest BCUT2D eigenvalue weighted by Crippen LogP contribution is 2.32. The van der Waals surface area contributed by atoms with Crippen molar-refractivity contribution < 1.29 is 0 Å². The molecule has 1 unspecified atom stereocenters. The average molecular weight is 237 g/mol. The van der Waals surface area contributed by atoms with Crippen LogP contribution in [0.3, 0.4) is 0 Å². The Balaban J connectivity index is 1.80. The summed E-state index contributed by atoms with van der Waals surface area (Å²) >= 11 is 0. The van der Waals surface area contributed by atoms with Crippen LogP contribution in [0, 0.1) is 5.92 Å². The molecule has 0 bridgehead atoms. The summed E-state index contributed by atoms with van der Waals surface area (Å²) in [5, 5.41) is 3.49. The molecule has 96 valence electrons. The Morgan fingerprint density at radius 2 is 2.00 bits per heavy atom. The lowest BCUT2D eigenvalue weighted by atomic mass is 10.2. The lowest BCUT2D eigenvalue weighted by molar-refractivity contribution is 0.469. The van der Waals surface area contributed by atoms with Crippen molar-refractivity contribution in [3.05, 3.63) is 22.9 Å². The molecule has 1 aliphatic rings. The van der Waals surface area contributed by atoms with Crippen molar-refractivity contribution in [3.63, 3.8) is 0 Å². The van der Waals surface area contributed by atoms with E-state index in [0.29, 0.717) is 6.04 Å². The third-order valence-corrected chi connectivity index (χ3v) is 3.53. The molecule has 1 aromatic rings. The third kappa shape index (κ3) is 3.22. The molecule has 17 heavy (non-hydrogen) atoms. The number of aryl methyl sites for hydroxylation is 1. The molecular weight excluding hydrogens is 214 g/mol. The van der Waals surface area contributed by atoms with E-state index < -0.39 is 0 Å². The molecule has 0 aliphatic heterocycles. The highest BCUT2D eigenvalue weighted by atomic mass is 16.1. The number of rotatable bonds is 7. The fraction of sp³-hybridized carbons (Fsp3) is 0.769. The van der Waals surface area contributed by atoms with Gasteiger partial charge in [-0.05, 0) is 32.1 Å². The van der Waals surface area contributed by atoms with E-state index in [0.717, 1.165) is 32.0 Å². The van der Waals surface area contributed by atoms with Crippen LogP contribution in [-0.2, 0) is 13.1 Å². The summed E-state index contributed by atoms with van der Waals surface area (Å²) in [6.07, 6.45) is 7.50. The number of nitrogens with zero attached hydrogens (tertiary/aromatic N) is 2. The first-order chi connectivity index (χ1) is 8.22. The van der Waals surface area contributed by atoms with Crippen LogP contribution in [0.2, 0.25) is 0 Å². The Bertz CT molecular complexity index is 403. The van der Waals surface area contributed by atoms with Gasteiger partial charge in [0.05, 0.1) is 0 Å². The molecule has 1 saturated carbocycles. The Kier molecular flexibility index (Phi) is 4.05. The molecule has 0 amide bonds. The minimum absolute atomic E-state index is 0.118. The van der Waals surface area contributed by atoms with E-state index in [1.54, 1.807) is 9.13 Å². The van der Waals surface area contributed by atoms with Crippen LogP contribution in [0.5, 0.6) is 0 Å². The molecule has 2 rings (SSSR count). The van der Waals surface area contributed by atoms with E-state index >= 15 is 0 Å². The zero-order valence-corrected chi connectivity index (χ0v) is 10.9. The molecule has 4 nitrogen and oxygen atoms in total. The van der Waals surface area contributed by atoms with Crippen LogP contribution in [-0.4, -0.2) is 21.7 Å². The van der Waals surface area contributed by atoms with Crippen LogP contribution in [0.1, 0.15) is 33.1 Å². The van der Waals surface area contributed by atoms with Crippen molar-refractivity contribution >= 4 is 0 Å². The van der Waals surface area contributed by atoms with E-state index in [2.05, 4.69) is 19.2 Å². The predicted molar refractivity (Wildman–Crippen MR) is 69.2 cm³/mol. The van der Waals surface area contributed by atoms with Gasteiger partial charge in [0.2, 0.25) is 0 Å². The number of hydrogen-bond donors (Lipinski definition) is 1. The summed E-state index contributed by atoms with van der Waals surface area (Å²) in [7, 11) is 0. The first-order valence-electron chi connectivity index (χ1n) is 6.71. The standard InChI is InChI=1S/C13H23N3O/c1-3-7-15-9-10-16(13(15)17)8-6-14-11(2)12-4-5-12/h9-12,14H,3-8H2,1-2H3. The monoisotopic (exact) mass is 237 g/mol. The van der Waals surface area contributed by atoms with Gasteiger partial charge in [0.1, 0.15) is 0 Å². The number of nitrogens with one attached hydrogen (secondary N) is 1. The second-order valence-corrected chi connectivity index (χ2v) is 5.05. The second kappa shape index (κ2) is 5.54. The molecule has 4 heteroatoms. The highest BCUT2D eigenvalue weighted by molar-refractivity contribution is 4.84. The number of imidazole rings is 1. The smallest absolute Gasteiger partial charge is 0.312 e. The average Bonchev–Trinajstić information content (AvgIpc) is 3.10. The summed E-state index contributed by atoms with van der Waals surface area (Å²) in [5.74, 6) is 0.872. The molecule has 1 aliphatic carbocycles. The van der Waals surface area contributed by atoms with Crippen molar-refractivity contribution in [1.82, 2.24) is 14.5 Å². The van der Waals surface area contributed by atoms with Crippen molar-refractivity contribution in [2.24, 2.45) is 5.92 Å². The lowest BCUT2D eigenvalue weighted by Gasteiger charge is -2.12. The van der Waals surface area contributed by atoms with E-state index in [-0.39, 0.29) is 5.69 Å². The van der Waals surface area contributed by atoms with Crippen molar-refractivity contribution in [2.45, 2.75) is 52.2 Å². The first-order valence-corrected chi connectivity index (χ1v) is 6.71. The van der Waals surface area contributed by atoms with Crippen LogP contribution >= 0.6 is 0 Å². The van der Waals surface area contributed by atoms with E-state index in [1.807, 2.05) is 12.4 Å². The third-order valence-electron chi connectivity index (χ3n) is 3.53. The minimum atomic E-state index is 0.118. The second-order valence-electron chi connectivity index (χ2n) is 5.05. The topological polar surface area (TPSA) is 39.0 Å². The molecule has 1 aromatic heterocycles. The summed E-state index contributed by atoms with van der Waals surface area (Å²) in [5.41, 5.74) is 0.118. The van der Waals surface area contributed by atoms with Gasteiger partial charge in [0.15, 0.2) is 0 Å². The molecule has 1 fully saturated rings. The zero-order chi connectivity index (χ0) is 12.3. The molecule has 1 heterocycles. The zero-order valence-electron chi connectivity index (χ0n) is 10.9. The summed E-state index contributed by atoms with van der Waals surface area (Å²) in [6, 6.07) is 0.600. The molecule has 0 aromatic carbocycles. The van der Waals surface area contributed by atoms with Crippen molar-refractivity contribution in [2.75, 3.05) is 6.54 Å². The maximum absolute atomic E-state index is 11.9. The molecule has 1 N–H and O–H groups in total. The predicted octanol–water partition coefficient (Wildman–Crippen LogP) is 1.45. The molecule has 0 spiro atoms.